The Hall–Kier alpha value is -0.920. The summed E-state index contributed by atoms with van der Waals surface area (Å²) in [6.07, 6.45) is 4.95. The first-order valence-electron chi connectivity index (χ1n) is 7.03. The molecule has 1 aromatic rings. The fourth-order valence-corrected chi connectivity index (χ4v) is 3.52. The summed E-state index contributed by atoms with van der Waals surface area (Å²) in [4.78, 5) is 0. The molecule has 0 aromatic heterocycles. The quantitative estimate of drug-likeness (QED) is 0.705. The highest BCUT2D eigenvalue weighted by Gasteiger charge is 2.62. The molecule has 0 heterocycles. The van der Waals surface area contributed by atoms with E-state index in [0.29, 0.717) is 12.3 Å². The highest BCUT2D eigenvalue weighted by atomic mass is 19.3. The summed E-state index contributed by atoms with van der Waals surface area (Å²) in [7, 11) is 0. The largest absolute Gasteiger partial charge is 0.253 e. The van der Waals surface area contributed by atoms with Gasteiger partial charge in [-0.25, -0.2) is 8.78 Å². The molecule has 3 rings (SSSR count). The minimum absolute atomic E-state index is 0.109. The summed E-state index contributed by atoms with van der Waals surface area (Å²) in [5.74, 6) is -1.96. The van der Waals surface area contributed by atoms with Crippen molar-refractivity contribution in [3.8, 4) is 0 Å². The van der Waals surface area contributed by atoms with Gasteiger partial charge in [0, 0.05) is 11.8 Å². The number of hydrogen-bond donors (Lipinski definition) is 0. The Bertz CT molecular complexity index is 406. The lowest BCUT2D eigenvalue weighted by molar-refractivity contribution is -0.0800. The van der Waals surface area contributed by atoms with E-state index in [1.54, 1.807) is 0 Å². The summed E-state index contributed by atoms with van der Waals surface area (Å²) in [5.41, 5.74) is 0.673. The van der Waals surface area contributed by atoms with Crippen LogP contribution in [0.15, 0.2) is 30.3 Å². The van der Waals surface area contributed by atoms with E-state index in [4.69, 9.17) is 0 Å². The molecule has 0 aliphatic heterocycles. The van der Waals surface area contributed by atoms with Crippen LogP contribution in [0.2, 0.25) is 0 Å². The summed E-state index contributed by atoms with van der Waals surface area (Å²) in [6.45, 7) is 0. The predicted molar refractivity (Wildman–Crippen MR) is 68.7 cm³/mol. The molecule has 2 aliphatic carbocycles. The second kappa shape index (κ2) is 4.32. The molecule has 2 aliphatic rings. The van der Waals surface area contributed by atoms with Gasteiger partial charge in [-0.05, 0) is 50.0 Å². The van der Waals surface area contributed by atoms with E-state index in [0.717, 1.165) is 32.1 Å². The van der Waals surface area contributed by atoms with Crippen LogP contribution in [0.1, 0.15) is 44.1 Å². The first-order chi connectivity index (χ1) is 8.61. The lowest BCUT2D eigenvalue weighted by atomic mass is 9.85. The molecular formula is C16H20F2. The number of halogens is 2. The molecular weight excluding hydrogens is 230 g/mol. The predicted octanol–water partition coefficient (Wildman–Crippen LogP) is 4.83. The Morgan fingerprint density at radius 1 is 1.06 bits per heavy atom. The van der Waals surface area contributed by atoms with Crippen molar-refractivity contribution in [3.63, 3.8) is 0 Å². The fraction of sp³-hybridized carbons (Fsp3) is 0.625. The molecule has 0 N–H and O–H groups in total. The lowest BCUT2D eigenvalue weighted by Gasteiger charge is -2.26. The summed E-state index contributed by atoms with van der Waals surface area (Å²) in [6, 6.07) is 10.3. The number of benzene rings is 1. The minimum atomic E-state index is -2.40. The SMILES string of the molecule is FC1(F)CCCC(Cc2ccccc2)CC12CC2. The normalized spacial score (nSPS) is 28.9. The van der Waals surface area contributed by atoms with Crippen LogP contribution in [0, 0.1) is 11.3 Å². The Kier molecular flexibility index (Phi) is 2.91. The molecule has 18 heavy (non-hydrogen) atoms. The molecule has 1 unspecified atom stereocenters. The second-order valence-electron chi connectivity index (χ2n) is 6.14. The highest BCUT2D eigenvalue weighted by Crippen LogP contribution is 2.63. The van der Waals surface area contributed by atoms with Crippen LogP contribution in [0.5, 0.6) is 0 Å². The van der Waals surface area contributed by atoms with Crippen molar-refractivity contribution in [1.29, 1.82) is 0 Å². The van der Waals surface area contributed by atoms with E-state index >= 15 is 0 Å². The molecule has 0 amide bonds. The van der Waals surface area contributed by atoms with Crippen LogP contribution in [-0.2, 0) is 6.42 Å². The van der Waals surface area contributed by atoms with Gasteiger partial charge in [-0.15, -0.1) is 0 Å². The topological polar surface area (TPSA) is 0 Å². The average molecular weight is 250 g/mol. The van der Waals surface area contributed by atoms with E-state index in [1.807, 2.05) is 18.2 Å². The molecule has 2 saturated carbocycles. The van der Waals surface area contributed by atoms with Gasteiger partial charge >= 0.3 is 0 Å². The maximum Gasteiger partial charge on any atom is 0.253 e. The summed E-state index contributed by atoms with van der Waals surface area (Å²) in [5, 5.41) is 0. The molecule has 1 spiro atoms. The van der Waals surface area contributed by atoms with Crippen LogP contribution in [0.25, 0.3) is 0 Å². The zero-order valence-electron chi connectivity index (χ0n) is 10.7. The first-order valence-corrected chi connectivity index (χ1v) is 7.03. The molecule has 98 valence electrons. The van der Waals surface area contributed by atoms with Gasteiger partial charge in [-0.3, -0.25) is 0 Å². The van der Waals surface area contributed by atoms with Crippen LogP contribution in [-0.4, -0.2) is 5.92 Å². The van der Waals surface area contributed by atoms with Gasteiger partial charge < -0.3 is 0 Å². The molecule has 0 radical (unpaired) electrons. The Morgan fingerprint density at radius 2 is 1.78 bits per heavy atom. The van der Waals surface area contributed by atoms with Crippen molar-refractivity contribution in [2.24, 2.45) is 11.3 Å². The Labute approximate surface area is 107 Å². The van der Waals surface area contributed by atoms with Crippen LogP contribution < -0.4 is 0 Å². The molecule has 1 atom stereocenters. The first kappa shape index (κ1) is 12.1. The molecule has 0 nitrogen and oxygen atoms in total. The number of hydrogen-bond acceptors (Lipinski definition) is 0. The van der Waals surface area contributed by atoms with E-state index in [2.05, 4.69) is 12.1 Å². The minimum Gasteiger partial charge on any atom is -0.206 e. The van der Waals surface area contributed by atoms with E-state index in [1.165, 1.54) is 5.56 Å². The van der Waals surface area contributed by atoms with Crippen molar-refractivity contribution < 1.29 is 8.78 Å². The summed E-state index contributed by atoms with van der Waals surface area (Å²) >= 11 is 0. The Morgan fingerprint density at radius 3 is 2.44 bits per heavy atom. The zero-order valence-corrected chi connectivity index (χ0v) is 10.7. The lowest BCUT2D eigenvalue weighted by Crippen LogP contribution is -2.29. The van der Waals surface area contributed by atoms with E-state index in [-0.39, 0.29) is 6.42 Å². The van der Waals surface area contributed by atoms with E-state index in [9.17, 15) is 8.78 Å². The van der Waals surface area contributed by atoms with Gasteiger partial charge in [0.05, 0.1) is 0 Å². The summed E-state index contributed by atoms with van der Waals surface area (Å²) < 4.78 is 28.0. The third kappa shape index (κ3) is 2.17. The number of rotatable bonds is 2. The van der Waals surface area contributed by atoms with Gasteiger partial charge in [0.25, 0.3) is 5.92 Å². The van der Waals surface area contributed by atoms with Crippen LogP contribution in [0.4, 0.5) is 8.78 Å². The van der Waals surface area contributed by atoms with Gasteiger partial charge in [-0.1, -0.05) is 30.3 Å². The van der Waals surface area contributed by atoms with Crippen molar-refractivity contribution in [2.45, 2.75) is 50.9 Å². The van der Waals surface area contributed by atoms with E-state index < -0.39 is 11.3 Å². The smallest absolute Gasteiger partial charge is 0.206 e. The van der Waals surface area contributed by atoms with Crippen molar-refractivity contribution >= 4 is 0 Å². The molecule has 1 aromatic carbocycles. The fourth-order valence-electron chi connectivity index (χ4n) is 3.52. The third-order valence-electron chi connectivity index (χ3n) is 4.78. The van der Waals surface area contributed by atoms with Gasteiger partial charge in [0.2, 0.25) is 0 Å². The monoisotopic (exact) mass is 250 g/mol. The maximum atomic E-state index is 14.0. The molecule has 0 saturated heterocycles. The second-order valence-corrected chi connectivity index (χ2v) is 6.14. The zero-order chi connectivity index (χ0) is 12.6. The van der Waals surface area contributed by atoms with Gasteiger partial charge in [0.15, 0.2) is 0 Å². The van der Waals surface area contributed by atoms with Crippen LogP contribution in [0.3, 0.4) is 0 Å². The molecule has 2 fully saturated rings. The van der Waals surface area contributed by atoms with Crippen molar-refractivity contribution in [1.82, 2.24) is 0 Å². The maximum absolute atomic E-state index is 14.0. The van der Waals surface area contributed by atoms with Crippen molar-refractivity contribution in [2.75, 3.05) is 0 Å². The van der Waals surface area contributed by atoms with Gasteiger partial charge in [0.1, 0.15) is 0 Å². The van der Waals surface area contributed by atoms with Crippen LogP contribution >= 0.6 is 0 Å². The highest BCUT2D eigenvalue weighted by molar-refractivity contribution is 5.16. The molecule has 0 bridgehead atoms. The van der Waals surface area contributed by atoms with Crippen molar-refractivity contribution in [3.05, 3.63) is 35.9 Å². The number of alkyl halides is 2. The third-order valence-corrected chi connectivity index (χ3v) is 4.78. The van der Waals surface area contributed by atoms with Gasteiger partial charge in [-0.2, -0.15) is 0 Å². The average Bonchev–Trinajstić information content (AvgIpc) is 3.12. The Balaban J connectivity index is 1.71. The molecule has 2 heteroatoms. The standard InChI is InChI=1S/C16H20F2/c17-16(18)8-4-7-14(12-15(16)9-10-15)11-13-5-2-1-3-6-13/h1-3,5-6,14H,4,7-12H2.